The van der Waals surface area contributed by atoms with Crippen molar-refractivity contribution < 1.29 is 9.53 Å². The Bertz CT molecular complexity index is 1250. The number of benzene rings is 1. The fourth-order valence-electron chi connectivity index (χ4n) is 4.34. The number of nitrogens with one attached hydrogen (secondary N) is 1. The molecule has 1 fully saturated rings. The first-order valence-corrected chi connectivity index (χ1v) is 13.7. The van der Waals surface area contributed by atoms with E-state index in [9.17, 15) is 4.79 Å². The minimum absolute atomic E-state index is 0.247. The number of amides is 1. The quantitative estimate of drug-likeness (QED) is 0.359. The maximum atomic E-state index is 12.4. The first kappa shape index (κ1) is 27.5. The number of piperidine rings is 1. The zero-order valence-corrected chi connectivity index (χ0v) is 23.8. The SMILES string of the molecule is Cc1nc(N2CCC(CNC(=O)OC(C)(C)C)(c3cccnc3)CC2)cnc1Sc1cccc(Cl)c1Cl. The molecule has 3 aromatic rings. The van der Waals surface area contributed by atoms with Crippen LogP contribution in [0.25, 0.3) is 0 Å². The van der Waals surface area contributed by atoms with Crippen molar-refractivity contribution in [3.63, 3.8) is 0 Å². The Balaban J connectivity index is 1.46. The molecule has 10 heteroatoms. The van der Waals surface area contributed by atoms with Crippen LogP contribution in [0.1, 0.15) is 44.9 Å². The largest absolute Gasteiger partial charge is 0.444 e. The van der Waals surface area contributed by atoms with Crippen molar-refractivity contribution in [3.05, 3.63) is 70.2 Å². The van der Waals surface area contributed by atoms with E-state index in [1.165, 1.54) is 11.8 Å². The van der Waals surface area contributed by atoms with E-state index in [0.717, 1.165) is 52.9 Å². The summed E-state index contributed by atoms with van der Waals surface area (Å²) < 4.78 is 5.47. The molecule has 7 nitrogen and oxygen atoms in total. The minimum atomic E-state index is -0.548. The molecule has 0 atom stereocenters. The van der Waals surface area contributed by atoms with Gasteiger partial charge in [0.15, 0.2) is 0 Å². The summed E-state index contributed by atoms with van der Waals surface area (Å²) in [5.74, 6) is 0.832. The second kappa shape index (κ2) is 11.5. The van der Waals surface area contributed by atoms with Gasteiger partial charge in [-0.25, -0.2) is 14.8 Å². The van der Waals surface area contributed by atoms with Crippen LogP contribution in [0.4, 0.5) is 10.6 Å². The zero-order valence-electron chi connectivity index (χ0n) is 21.4. The predicted molar refractivity (Wildman–Crippen MR) is 149 cm³/mol. The molecule has 0 saturated carbocycles. The number of anilines is 1. The third kappa shape index (κ3) is 6.86. The molecule has 0 aliphatic carbocycles. The highest BCUT2D eigenvalue weighted by molar-refractivity contribution is 7.99. The molecule has 196 valence electrons. The lowest BCUT2D eigenvalue weighted by Gasteiger charge is -2.42. The third-order valence-electron chi connectivity index (χ3n) is 6.30. The molecule has 1 aromatic carbocycles. The lowest BCUT2D eigenvalue weighted by molar-refractivity contribution is 0.0510. The predicted octanol–water partition coefficient (Wildman–Crippen LogP) is 6.70. The number of nitrogens with zero attached hydrogens (tertiary/aromatic N) is 4. The number of hydrogen-bond donors (Lipinski definition) is 1. The van der Waals surface area contributed by atoms with Crippen molar-refractivity contribution in [3.8, 4) is 0 Å². The normalized spacial score (nSPS) is 15.4. The van der Waals surface area contributed by atoms with Crippen LogP contribution < -0.4 is 10.2 Å². The van der Waals surface area contributed by atoms with Crippen molar-refractivity contribution in [2.24, 2.45) is 0 Å². The molecule has 0 unspecified atom stereocenters. The van der Waals surface area contributed by atoms with Gasteiger partial charge in [-0.2, -0.15) is 0 Å². The molecular weight excluding hydrogens is 529 g/mol. The van der Waals surface area contributed by atoms with Crippen molar-refractivity contribution in [2.75, 3.05) is 24.5 Å². The van der Waals surface area contributed by atoms with Crippen LogP contribution in [0.2, 0.25) is 10.0 Å². The third-order valence-corrected chi connectivity index (χ3v) is 8.39. The van der Waals surface area contributed by atoms with E-state index in [2.05, 4.69) is 26.3 Å². The summed E-state index contributed by atoms with van der Waals surface area (Å²) >= 11 is 14.0. The summed E-state index contributed by atoms with van der Waals surface area (Å²) in [4.78, 5) is 29.3. The standard InChI is InChI=1S/C27H31Cl2N5O2S/c1-18-24(37-21-9-5-8-20(28)23(21)29)31-16-22(33-18)34-13-10-27(11-14-34,19-7-6-12-30-15-19)17-32-25(35)36-26(2,3)4/h5-9,12,15-16H,10-11,13-14,17H2,1-4H3,(H,32,35). The molecule has 0 radical (unpaired) electrons. The van der Waals surface area contributed by atoms with E-state index in [-0.39, 0.29) is 5.41 Å². The molecule has 37 heavy (non-hydrogen) atoms. The molecule has 2 aromatic heterocycles. The molecule has 1 N–H and O–H groups in total. The van der Waals surface area contributed by atoms with Gasteiger partial charge in [-0.1, -0.05) is 47.1 Å². The lowest BCUT2D eigenvalue weighted by atomic mass is 9.73. The Morgan fingerprint density at radius 1 is 1.16 bits per heavy atom. The van der Waals surface area contributed by atoms with E-state index in [1.54, 1.807) is 12.3 Å². The van der Waals surface area contributed by atoms with E-state index in [4.69, 9.17) is 32.9 Å². The molecule has 1 amide bonds. The van der Waals surface area contributed by atoms with Crippen LogP contribution in [0.5, 0.6) is 0 Å². The number of ether oxygens (including phenoxy) is 1. The maximum absolute atomic E-state index is 12.4. The van der Waals surface area contributed by atoms with E-state index in [1.807, 2.05) is 58.3 Å². The number of aryl methyl sites for hydroxylation is 1. The average molecular weight is 561 g/mol. The van der Waals surface area contributed by atoms with Crippen LogP contribution in [0.15, 0.2) is 58.8 Å². The maximum Gasteiger partial charge on any atom is 0.407 e. The molecule has 0 bridgehead atoms. The highest BCUT2D eigenvalue weighted by Gasteiger charge is 2.37. The number of hydrogen-bond acceptors (Lipinski definition) is 7. The van der Waals surface area contributed by atoms with Gasteiger partial charge in [-0.15, -0.1) is 0 Å². The number of halogens is 2. The van der Waals surface area contributed by atoms with E-state index in [0.29, 0.717) is 16.6 Å². The Morgan fingerprint density at radius 2 is 1.92 bits per heavy atom. The van der Waals surface area contributed by atoms with Gasteiger partial charge in [0.05, 0.1) is 21.9 Å². The highest BCUT2D eigenvalue weighted by atomic mass is 35.5. The Labute approximate surface area is 232 Å². The van der Waals surface area contributed by atoms with Crippen LogP contribution >= 0.6 is 35.0 Å². The van der Waals surface area contributed by atoms with Gasteiger partial charge < -0.3 is 15.0 Å². The van der Waals surface area contributed by atoms with Gasteiger partial charge in [-0.05, 0) is 64.3 Å². The summed E-state index contributed by atoms with van der Waals surface area (Å²) in [5, 5.41) is 4.81. The lowest BCUT2D eigenvalue weighted by Crippen LogP contribution is -2.50. The zero-order chi connectivity index (χ0) is 26.6. The molecule has 1 saturated heterocycles. The van der Waals surface area contributed by atoms with E-state index >= 15 is 0 Å². The van der Waals surface area contributed by atoms with Crippen molar-refractivity contribution in [1.29, 1.82) is 0 Å². The van der Waals surface area contributed by atoms with Crippen LogP contribution in [-0.2, 0) is 10.2 Å². The Kier molecular flexibility index (Phi) is 8.51. The smallest absolute Gasteiger partial charge is 0.407 e. The molecule has 3 heterocycles. The van der Waals surface area contributed by atoms with Crippen molar-refractivity contribution >= 4 is 46.9 Å². The fourth-order valence-corrected chi connectivity index (χ4v) is 5.67. The highest BCUT2D eigenvalue weighted by Crippen LogP contribution is 2.39. The first-order valence-electron chi connectivity index (χ1n) is 12.1. The molecule has 1 aliphatic rings. The average Bonchev–Trinajstić information content (AvgIpc) is 2.86. The van der Waals surface area contributed by atoms with Crippen LogP contribution in [-0.4, -0.2) is 46.3 Å². The second-order valence-electron chi connectivity index (χ2n) is 10.1. The second-order valence-corrected chi connectivity index (χ2v) is 12.0. The van der Waals surface area contributed by atoms with Gasteiger partial charge in [0, 0.05) is 42.3 Å². The van der Waals surface area contributed by atoms with Crippen LogP contribution in [0, 0.1) is 6.92 Å². The first-order chi connectivity index (χ1) is 17.6. The van der Waals surface area contributed by atoms with Gasteiger partial charge in [0.2, 0.25) is 0 Å². The summed E-state index contributed by atoms with van der Waals surface area (Å²) in [7, 11) is 0. The van der Waals surface area contributed by atoms with Crippen molar-refractivity contribution in [1.82, 2.24) is 20.3 Å². The number of pyridine rings is 1. The molecule has 1 aliphatic heterocycles. The molecule has 0 spiro atoms. The minimum Gasteiger partial charge on any atom is -0.444 e. The molecule has 4 rings (SSSR count). The summed E-state index contributed by atoms with van der Waals surface area (Å²) in [6.07, 6.45) is 6.70. The molecular formula is C27H31Cl2N5O2S. The number of aromatic nitrogens is 3. The summed E-state index contributed by atoms with van der Waals surface area (Å²) in [6.45, 7) is 9.54. The number of alkyl carbamates (subject to hydrolysis) is 1. The Morgan fingerprint density at radius 3 is 2.57 bits per heavy atom. The number of rotatable bonds is 6. The fraction of sp³-hybridized carbons (Fsp3) is 0.407. The number of carbonyl (C=O) groups is 1. The van der Waals surface area contributed by atoms with E-state index < -0.39 is 11.7 Å². The van der Waals surface area contributed by atoms with Crippen molar-refractivity contribution in [2.45, 2.75) is 61.5 Å². The summed E-state index contributed by atoms with van der Waals surface area (Å²) in [5.41, 5.74) is 1.14. The topological polar surface area (TPSA) is 80.2 Å². The van der Waals surface area contributed by atoms with Gasteiger partial charge in [0.1, 0.15) is 16.4 Å². The summed E-state index contributed by atoms with van der Waals surface area (Å²) in [6, 6.07) is 9.57. The Hall–Kier alpha value is -2.55. The van der Waals surface area contributed by atoms with Gasteiger partial charge >= 0.3 is 6.09 Å². The van der Waals surface area contributed by atoms with Crippen LogP contribution in [0.3, 0.4) is 0 Å². The monoisotopic (exact) mass is 559 g/mol. The van der Waals surface area contributed by atoms with Gasteiger partial charge in [0.25, 0.3) is 0 Å². The van der Waals surface area contributed by atoms with Gasteiger partial charge in [-0.3, -0.25) is 4.98 Å². The number of carbonyl (C=O) groups excluding carboxylic acids is 1.